The molecule has 0 unspecified atom stereocenters. The van der Waals surface area contributed by atoms with Crippen molar-refractivity contribution in [2.75, 3.05) is 6.67 Å². The smallest absolute Gasteiger partial charge is 0.131 e. The Hall–Kier alpha value is -1.70. The van der Waals surface area contributed by atoms with Crippen LogP contribution in [0, 0.1) is 23.6 Å². The molecule has 2 heteroatoms. The molecule has 2 aliphatic rings. The van der Waals surface area contributed by atoms with E-state index in [0.29, 0.717) is 17.9 Å². The van der Waals surface area contributed by atoms with E-state index in [2.05, 4.69) is 37.3 Å². The Labute approximate surface area is 219 Å². The fourth-order valence-corrected chi connectivity index (χ4v) is 6.70. The van der Waals surface area contributed by atoms with Gasteiger partial charge in [0.25, 0.3) is 0 Å². The van der Waals surface area contributed by atoms with Gasteiger partial charge in [0.1, 0.15) is 5.82 Å². The van der Waals surface area contributed by atoms with Crippen LogP contribution in [0.5, 0.6) is 0 Å². The molecule has 0 radical (unpaired) electrons. The molecular formula is C34H48F2. The zero-order valence-corrected chi connectivity index (χ0v) is 22.6. The summed E-state index contributed by atoms with van der Waals surface area (Å²) in [6.07, 6.45) is 19.8. The monoisotopic (exact) mass is 494 g/mol. The van der Waals surface area contributed by atoms with Crippen molar-refractivity contribution in [3.63, 3.8) is 0 Å². The molecule has 4 rings (SSSR count). The molecule has 2 aromatic rings. The second kappa shape index (κ2) is 14.3. The Kier molecular flexibility index (Phi) is 10.9. The van der Waals surface area contributed by atoms with E-state index in [4.69, 9.17) is 0 Å². The van der Waals surface area contributed by atoms with Gasteiger partial charge in [-0.3, -0.25) is 4.39 Å². The van der Waals surface area contributed by atoms with E-state index in [0.717, 1.165) is 55.4 Å². The lowest BCUT2D eigenvalue weighted by Gasteiger charge is -2.31. The van der Waals surface area contributed by atoms with Crippen molar-refractivity contribution in [3.05, 3.63) is 59.4 Å². The molecule has 0 atom stereocenters. The minimum Gasteiger partial charge on any atom is -0.251 e. The molecule has 2 aromatic carbocycles. The van der Waals surface area contributed by atoms with Gasteiger partial charge in [-0.05, 0) is 91.4 Å². The normalized spacial score (nSPS) is 24.6. The number of hydrogen-bond donors (Lipinski definition) is 0. The van der Waals surface area contributed by atoms with Crippen LogP contribution >= 0.6 is 0 Å². The lowest BCUT2D eigenvalue weighted by Crippen LogP contribution is -2.17. The van der Waals surface area contributed by atoms with Crippen LogP contribution in [0.4, 0.5) is 8.78 Å². The fourth-order valence-electron chi connectivity index (χ4n) is 6.70. The second-order valence-corrected chi connectivity index (χ2v) is 12.1. The average Bonchev–Trinajstić information content (AvgIpc) is 2.91. The third kappa shape index (κ3) is 8.15. The number of hydrogen-bond acceptors (Lipinski definition) is 0. The van der Waals surface area contributed by atoms with Crippen LogP contribution in [0.15, 0.2) is 42.5 Å². The Bertz CT molecular complexity index is 886. The van der Waals surface area contributed by atoms with E-state index in [-0.39, 0.29) is 12.5 Å². The standard InChI is InChI=1S/C34H48F2/c1-26-8-10-28(11-9-26)12-13-29-14-18-30(19-15-29)32-22-23-33(34(36)25-32)31-20-16-27(17-21-31)7-5-3-2-4-6-24-35/h16-17,20-23,25-26,28-30H,2-15,18-19,24H2,1H3/t26-,28-,29-,30-. The first-order valence-electron chi connectivity index (χ1n) is 15.1. The van der Waals surface area contributed by atoms with Crippen molar-refractivity contribution in [1.82, 2.24) is 0 Å². The zero-order valence-electron chi connectivity index (χ0n) is 22.6. The van der Waals surface area contributed by atoms with Gasteiger partial charge in [-0.15, -0.1) is 0 Å². The number of alkyl halides is 1. The summed E-state index contributed by atoms with van der Waals surface area (Å²) in [5, 5.41) is 0. The first-order valence-corrected chi connectivity index (χ1v) is 15.1. The summed E-state index contributed by atoms with van der Waals surface area (Å²) in [4.78, 5) is 0. The third-order valence-corrected chi connectivity index (χ3v) is 9.29. The summed E-state index contributed by atoms with van der Waals surface area (Å²) in [6, 6.07) is 14.4. The summed E-state index contributed by atoms with van der Waals surface area (Å²) >= 11 is 0. The van der Waals surface area contributed by atoms with E-state index in [1.165, 1.54) is 75.3 Å². The lowest BCUT2D eigenvalue weighted by atomic mass is 9.74. The van der Waals surface area contributed by atoms with E-state index >= 15 is 4.39 Å². The number of aryl methyl sites for hydroxylation is 1. The molecule has 0 amide bonds. The summed E-state index contributed by atoms with van der Waals surface area (Å²) in [7, 11) is 0. The molecule has 2 saturated carbocycles. The quantitative estimate of drug-likeness (QED) is 0.257. The fraction of sp³-hybridized carbons (Fsp3) is 0.647. The van der Waals surface area contributed by atoms with Crippen LogP contribution < -0.4 is 0 Å². The van der Waals surface area contributed by atoms with Crippen molar-refractivity contribution < 1.29 is 8.78 Å². The maximum atomic E-state index is 15.1. The molecule has 0 saturated heterocycles. The molecule has 2 aliphatic carbocycles. The highest BCUT2D eigenvalue weighted by Crippen LogP contribution is 2.40. The van der Waals surface area contributed by atoms with Gasteiger partial charge < -0.3 is 0 Å². The minimum absolute atomic E-state index is 0.0817. The number of benzene rings is 2. The Morgan fingerprint density at radius 2 is 1.31 bits per heavy atom. The van der Waals surface area contributed by atoms with E-state index in [1.807, 2.05) is 12.1 Å². The number of halogens is 2. The molecule has 0 spiro atoms. The Balaban J connectivity index is 1.22. The lowest BCUT2D eigenvalue weighted by molar-refractivity contribution is 0.237. The highest BCUT2D eigenvalue weighted by atomic mass is 19.1. The van der Waals surface area contributed by atoms with Crippen LogP contribution in [0.25, 0.3) is 11.1 Å². The summed E-state index contributed by atoms with van der Waals surface area (Å²) in [5.41, 5.74) is 4.18. The maximum absolute atomic E-state index is 15.1. The first kappa shape index (κ1) is 27.3. The summed E-state index contributed by atoms with van der Waals surface area (Å²) in [6.45, 7) is 2.21. The summed E-state index contributed by atoms with van der Waals surface area (Å²) in [5.74, 6) is 3.25. The highest BCUT2D eigenvalue weighted by Gasteiger charge is 2.25. The van der Waals surface area contributed by atoms with E-state index < -0.39 is 0 Å². The van der Waals surface area contributed by atoms with Crippen molar-refractivity contribution in [2.45, 2.75) is 116 Å². The first-order chi connectivity index (χ1) is 17.6. The molecular weight excluding hydrogens is 446 g/mol. The van der Waals surface area contributed by atoms with Gasteiger partial charge in [0.15, 0.2) is 0 Å². The predicted molar refractivity (Wildman–Crippen MR) is 150 cm³/mol. The summed E-state index contributed by atoms with van der Waals surface area (Å²) < 4.78 is 27.3. The topological polar surface area (TPSA) is 0 Å². The molecule has 2 fully saturated rings. The van der Waals surface area contributed by atoms with Gasteiger partial charge in [0, 0.05) is 5.56 Å². The van der Waals surface area contributed by atoms with Crippen molar-refractivity contribution >= 4 is 0 Å². The molecule has 0 aromatic heterocycles. The molecule has 198 valence electrons. The second-order valence-electron chi connectivity index (χ2n) is 12.1. The van der Waals surface area contributed by atoms with Crippen LogP contribution in [-0.4, -0.2) is 6.67 Å². The highest BCUT2D eigenvalue weighted by molar-refractivity contribution is 5.65. The van der Waals surface area contributed by atoms with Crippen molar-refractivity contribution in [1.29, 1.82) is 0 Å². The van der Waals surface area contributed by atoms with Gasteiger partial charge in [0.2, 0.25) is 0 Å². The predicted octanol–water partition coefficient (Wildman–Crippen LogP) is 10.8. The van der Waals surface area contributed by atoms with Gasteiger partial charge in [-0.2, -0.15) is 0 Å². The van der Waals surface area contributed by atoms with Crippen molar-refractivity contribution in [3.8, 4) is 11.1 Å². The van der Waals surface area contributed by atoms with Gasteiger partial charge in [0.05, 0.1) is 6.67 Å². The molecule has 0 aliphatic heterocycles. The van der Waals surface area contributed by atoms with Crippen LogP contribution in [0.3, 0.4) is 0 Å². The minimum atomic E-state index is -0.194. The maximum Gasteiger partial charge on any atom is 0.131 e. The van der Waals surface area contributed by atoms with Crippen LogP contribution in [0.1, 0.15) is 120 Å². The number of unbranched alkanes of at least 4 members (excludes halogenated alkanes) is 4. The van der Waals surface area contributed by atoms with Gasteiger partial charge >= 0.3 is 0 Å². The number of rotatable bonds is 12. The average molecular weight is 495 g/mol. The zero-order chi connectivity index (χ0) is 25.2. The van der Waals surface area contributed by atoms with Crippen LogP contribution in [0.2, 0.25) is 0 Å². The largest absolute Gasteiger partial charge is 0.251 e. The van der Waals surface area contributed by atoms with Crippen molar-refractivity contribution in [2.24, 2.45) is 17.8 Å². The van der Waals surface area contributed by atoms with Gasteiger partial charge in [-0.25, -0.2) is 4.39 Å². The Morgan fingerprint density at radius 1 is 0.694 bits per heavy atom. The Morgan fingerprint density at radius 3 is 1.94 bits per heavy atom. The molecule has 0 bridgehead atoms. The van der Waals surface area contributed by atoms with E-state index in [1.54, 1.807) is 0 Å². The molecule has 0 nitrogen and oxygen atoms in total. The van der Waals surface area contributed by atoms with E-state index in [9.17, 15) is 4.39 Å². The molecule has 0 heterocycles. The van der Waals surface area contributed by atoms with Crippen LogP contribution in [-0.2, 0) is 6.42 Å². The SMILES string of the molecule is C[C@H]1CC[C@H](CC[C@H]2CC[C@H](c3ccc(-c4ccc(CCCCCCCF)cc4)c(F)c3)CC2)CC1. The third-order valence-electron chi connectivity index (χ3n) is 9.29. The molecule has 0 N–H and O–H groups in total. The van der Waals surface area contributed by atoms with Gasteiger partial charge in [-0.1, -0.05) is 101 Å². The molecule has 36 heavy (non-hydrogen) atoms.